The first-order chi connectivity index (χ1) is 15.2. The van der Waals surface area contributed by atoms with Crippen molar-refractivity contribution < 1.29 is 4.39 Å². The van der Waals surface area contributed by atoms with E-state index in [1.54, 1.807) is 6.07 Å². The topological polar surface area (TPSA) is 49.2 Å². The molecule has 0 bridgehead atoms. The molecule has 1 aliphatic heterocycles. The Morgan fingerprint density at radius 1 is 0.968 bits per heavy atom. The maximum atomic E-state index is 13.5. The van der Waals surface area contributed by atoms with Gasteiger partial charge in [0, 0.05) is 43.6 Å². The number of nitrogens with zero attached hydrogens (tertiary/aromatic N) is 5. The second-order valence-corrected chi connectivity index (χ2v) is 7.92. The normalized spacial score (nSPS) is 14.3. The molecule has 0 amide bonds. The fourth-order valence-electron chi connectivity index (χ4n) is 3.89. The van der Waals surface area contributed by atoms with Gasteiger partial charge in [0.1, 0.15) is 11.6 Å². The summed E-state index contributed by atoms with van der Waals surface area (Å²) in [5.41, 5.74) is 6.96. The van der Waals surface area contributed by atoms with Crippen molar-refractivity contribution in [3.8, 4) is 0 Å². The molecular formula is C23H22ClFN6. The predicted molar refractivity (Wildman–Crippen MR) is 123 cm³/mol. The highest BCUT2D eigenvalue weighted by molar-refractivity contribution is 6.31. The smallest absolute Gasteiger partial charge is 0.128 e. The molecule has 158 valence electrons. The van der Waals surface area contributed by atoms with E-state index in [0.717, 1.165) is 48.7 Å². The number of fused-ring (bicyclic) bond motifs is 1. The van der Waals surface area contributed by atoms with Crippen molar-refractivity contribution in [2.75, 3.05) is 41.4 Å². The molecule has 1 N–H and O–H groups in total. The number of pyridine rings is 2. The number of rotatable bonds is 5. The Kier molecular flexibility index (Phi) is 5.34. The lowest BCUT2D eigenvalue weighted by atomic mass is 10.2. The van der Waals surface area contributed by atoms with Gasteiger partial charge in [0.25, 0.3) is 0 Å². The molecule has 0 unspecified atom stereocenters. The highest BCUT2D eigenvalue weighted by Crippen LogP contribution is 2.23. The van der Waals surface area contributed by atoms with Gasteiger partial charge in [0.15, 0.2) is 0 Å². The average Bonchev–Trinajstić information content (AvgIpc) is 3.22. The zero-order valence-corrected chi connectivity index (χ0v) is 17.6. The zero-order valence-electron chi connectivity index (χ0n) is 16.9. The summed E-state index contributed by atoms with van der Waals surface area (Å²) >= 11 is 6.19. The maximum absolute atomic E-state index is 13.5. The summed E-state index contributed by atoms with van der Waals surface area (Å²) in [5, 5.41) is 0.537. The van der Waals surface area contributed by atoms with E-state index in [4.69, 9.17) is 11.6 Å². The summed E-state index contributed by atoms with van der Waals surface area (Å²) in [6, 6.07) is 14.5. The lowest BCUT2D eigenvalue weighted by Gasteiger charge is -2.36. The lowest BCUT2D eigenvalue weighted by Crippen LogP contribution is -2.46. The molecule has 6 nitrogen and oxygen atoms in total. The van der Waals surface area contributed by atoms with Gasteiger partial charge >= 0.3 is 0 Å². The summed E-state index contributed by atoms with van der Waals surface area (Å²) in [5.74, 6) is 0.720. The van der Waals surface area contributed by atoms with E-state index in [0.29, 0.717) is 17.1 Å². The van der Waals surface area contributed by atoms with Crippen LogP contribution in [0.1, 0.15) is 5.56 Å². The van der Waals surface area contributed by atoms with Crippen molar-refractivity contribution in [2.24, 2.45) is 0 Å². The average molecular weight is 437 g/mol. The minimum absolute atomic E-state index is 0.299. The van der Waals surface area contributed by atoms with E-state index < -0.39 is 0 Å². The number of aromatic nitrogens is 3. The molecule has 0 spiro atoms. The monoisotopic (exact) mass is 436 g/mol. The molecule has 3 aromatic heterocycles. The first-order valence-corrected chi connectivity index (χ1v) is 10.6. The number of hydrogen-bond donors (Lipinski definition) is 1. The molecule has 5 rings (SSSR count). The molecular weight excluding hydrogens is 415 g/mol. The van der Waals surface area contributed by atoms with Gasteiger partial charge in [-0.3, -0.25) is 9.66 Å². The van der Waals surface area contributed by atoms with Gasteiger partial charge in [0.05, 0.1) is 29.5 Å². The summed E-state index contributed by atoms with van der Waals surface area (Å²) in [6.45, 7) is 4.03. The van der Waals surface area contributed by atoms with E-state index in [2.05, 4.69) is 31.3 Å². The van der Waals surface area contributed by atoms with Crippen LogP contribution < -0.4 is 15.2 Å². The highest BCUT2D eigenvalue weighted by Gasteiger charge is 2.19. The molecule has 0 aliphatic carbocycles. The quantitative estimate of drug-likeness (QED) is 0.505. The van der Waals surface area contributed by atoms with E-state index in [1.807, 2.05) is 47.5 Å². The molecule has 1 saturated heterocycles. The number of halogens is 2. The SMILES string of the molecule is Fc1ccc(Cl)c(CNn2ccc3ncc(N4CCN(c5ccccn5)CC4)cc32)c1. The minimum atomic E-state index is -0.299. The van der Waals surface area contributed by atoms with Crippen LogP contribution in [0.3, 0.4) is 0 Å². The van der Waals surface area contributed by atoms with Crippen LogP contribution >= 0.6 is 11.6 Å². The van der Waals surface area contributed by atoms with Crippen molar-refractivity contribution in [2.45, 2.75) is 6.54 Å². The number of benzene rings is 1. The van der Waals surface area contributed by atoms with E-state index in [9.17, 15) is 4.39 Å². The van der Waals surface area contributed by atoms with Gasteiger partial charge in [-0.2, -0.15) is 0 Å². The van der Waals surface area contributed by atoms with Crippen LogP contribution in [0.25, 0.3) is 11.0 Å². The molecule has 0 atom stereocenters. The van der Waals surface area contributed by atoms with Gasteiger partial charge in [-0.1, -0.05) is 17.7 Å². The van der Waals surface area contributed by atoms with Crippen molar-refractivity contribution >= 4 is 34.1 Å². The number of nitrogens with one attached hydrogen (secondary N) is 1. The molecule has 1 aliphatic rings. The molecule has 8 heteroatoms. The standard InChI is InChI=1S/C23H22ClFN6/c24-20-5-4-18(25)13-17(20)15-28-31-8-6-21-22(31)14-19(16-27-21)29-9-11-30(12-10-29)23-3-1-2-7-26-23/h1-8,13-14,16,28H,9-12,15H2. The number of hydrogen-bond acceptors (Lipinski definition) is 5. The third-order valence-electron chi connectivity index (χ3n) is 5.59. The predicted octanol–water partition coefficient (Wildman–Crippen LogP) is 4.29. The fraction of sp³-hybridized carbons (Fsp3) is 0.217. The van der Waals surface area contributed by atoms with Crippen molar-refractivity contribution in [3.05, 3.63) is 83.5 Å². The molecule has 0 saturated carbocycles. The van der Waals surface area contributed by atoms with Crippen LogP contribution in [0.15, 0.2) is 67.1 Å². The Morgan fingerprint density at radius 2 is 1.81 bits per heavy atom. The van der Waals surface area contributed by atoms with Crippen molar-refractivity contribution in [1.82, 2.24) is 14.6 Å². The summed E-state index contributed by atoms with van der Waals surface area (Å²) in [4.78, 5) is 13.7. The van der Waals surface area contributed by atoms with Gasteiger partial charge in [-0.25, -0.2) is 9.37 Å². The zero-order chi connectivity index (χ0) is 21.2. The van der Waals surface area contributed by atoms with Crippen molar-refractivity contribution in [3.63, 3.8) is 0 Å². The van der Waals surface area contributed by atoms with Crippen LogP contribution in [0.5, 0.6) is 0 Å². The second-order valence-electron chi connectivity index (χ2n) is 7.52. The van der Waals surface area contributed by atoms with E-state index >= 15 is 0 Å². The molecule has 4 heterocycles. The Morgan fingerprint density at radius 3 is 2.61 bits per heavy atom. The van der Waals surface area contributed by atoms with Crippen molar-refractivity contribution in [1.29, 1.82) is 0 Å². The van der Waals surface area contributed by atoms with E-state index in [-0.39, 0.29) is 5.82 Å². The maximum Gasteiger partial charge on any atom is 0.128 e. The number of piperazine rings is 1. The van der Waals surface area contributed by atoms with Gasteiger partial charge in [-0.05, 0) is 48.0 Å². The van der Waals surface area contributed by atoms with Crippen LogP contribution in [-0.2, 0) is 6.54 Å². The van der Waals surface area contributed by atoms with Gasteiger partial charge < -0.3 is 15.2 Å². The summed E-state index contributed by atoms with van der Waals surface area (Å²) in [7, 11) is 0. The third-order valence-corrected chi connectivity index (χ3v) is 5.96. The largest absolute Gasteiger partial charge is 0.367 e. The summed E-state index contributed by atoms with van der Waals surface area (Å²) < 4.78 is 15.5. The lowest BCUT2D eigenvalue weighted by molar-refractivity contribution is 0.625. The Bertz CT molecular complexity index is 1190. The van der Waals surface area contributed by atoms with Crippen LogP contribution in [0, 0.1) is 5.82 Å². The third kappa shape index (κ3) is 4.14. The minimum Gasteiger partial charge on any atom is -0.367 e. The van der Waals surface area contributed by atoms with Crippen LogP contribution in [0.4, 0.5) is 15.9 Å². The Hall–Kier alpha value is -3.32. The number of anilines is 2. The second kappa shape index (κ2) is 8.43. The van der Waals surface area contributed by atoms with Crippen LogP contribution in [-0.4, -0.2) is 40.8 Å². The molecule has 0 radical (unpaired) electrons. The first-order valence-electron chi connectivity index (χ1n) is 10.2. The highest BCUT2D eigenvalue weighted by atomic mass is 35.5. The van der Waals surface area contributed by atoms with Gasteiger partial charge in [0.2, 0.25) is 0 Å². The molecule has 1 aromatic carbocycles. The molecule has 1 fully saturated rings. The van der Waals surface area contributed by atoms with E-state index in [1.165, 1.54) is 12.1 Å². The Labute approximate surface area is 184 Å². The Balaban J connectivity index is 1.30. The van der Waals surface area contributed by atoms with Gasteiger partial charge in [-0.15, -0.1) is 0 Å². The fourth-order valence-corrected chi connectivity index (χ4v) is 4.08. The summed E-state index contributed by atoms with van der Waals surface area (Å²) in [6.07, 6.45) is 5.68. The van der Waals surface area contributed by atoms with Crippen LogP contribution in [0.2, 0.25) is 5.02 Å². The molecule has 4 aromatic rings. The molecule has 31 heavy (non-hydrogen) atoms. The first kappa shape index (κ1) is 19.6.